The average Bonchev–Trinajstić information content (AvgIpc) is 2.47. The number of benzene rings is 2. The van der Waals surface area contributed by atoms with E-state index in [0.717, 1.165) is 0 Å². The van der Waals surface area contributed by atoms with E-state index in [1.54, 1.807) is 43.5 Å². The van der Waals surface area contributed by atoms with Crippen molar-refractivity contribution in [3.05, 3.63) is 53.1 Å². The van der Waals surface area contributed by atoms with Crippen LogP contribution in [0.5, 0.6) is 11.5 Å². The Labute approximate surface area is 135 Å². The van der Waals surface area contributed by atoms with Crippen molar-refractivity contribution in [2.45, 2.75) is 20.0 Å². The topological polar surface area (TPSA) is 47.6 Å². The summed E-state index contributed by atoms with van der Waals surface area (Å²) >= 11 is 6.05. The van der Waals surface area contributed by atoms with Gasteiger partial charge < -0.3 is 14.8 Å². The van der Waals surface area contributed by atoms with Gasteiger partial charge in [-0.1, -0.05) is 17.7 Å². The van der Waals surface area contributed by atoms with Gasteiger partial charge >= 0.3 is 0 Å². The lowest BCUT2D eigenvalue weighted by molar-refractivity contribution is 0.102. The summed E-state index contributed by atoms with van der Waals surface area (Å²) in [6, 6.07) is 12.1. The molecule has 2 aromatic carbocycles. The number of halogens is 1. The van der Waals surface area contributed by atoms with Crippen LogP contribution in [0.25, 0.3) is 0 Å². The molecule has 2 aromatic rings. The van der Waals surface area contributed by atoms with E-state index in [9.17, 15) is 4.79 Å². The van der Waals surface area contributed by atoms with Crippen LogP contribution in [0.2, 0.25) is 5.02 Å². The standard InChI is InChI=1S/C17H18ClNO3/c1-11(2)22-14-6-4-5-12(9-14)17(20)19-13-7-8-16(21-3)15(18)10-13/h4-11H,1-3H3,(H,19,20). The number of methoxy groups -OCH3 is 1. The first-order valence-corrected chi connectivity index (χ1v) is 7.29. The Morgan fingerprint density at radius 3 is 2.59 bits per heavy atom. The molecule has 0 saturated carbocycles. The molecule has 0 spiro atoms. The molecule has 22 heavy (non-hydrogen) atoms. The molecule has 0 saturated heterocycles. The third-order valence-electron chi connectivity index (χ3n) is 2.88. The van der Waals surface area contributed by atoms with E-state index in [-0.39, 0.29) is 12.0 Å². The smallest absolute Gasteiger partial charge is 0.255 e. The van der Waals surface area contributed by atoms with Gasteiger partial charge in [0.1, 0.15) is 11.5 Å². The van der Waals surface area contributed by atoms with Crippen LogP contribution in [0.1, 0.15) is 24.2 Å². The number of anilines is 1. The largest absolute Gasteiger partial charge is 0.495 e. The molecule has 1 N–H and O–H groups in total. The minimum Gasteiger partial charge on any atom is -0.495 e. The van der Waals surface area contributed by atoms with Crippen molar-refractivity contribution >= 4 is 23.2 Å². The highest BCUT2D eigenvalue weighted by molar-refractivity contribution is 6.32. The summed E-state index contributed by atoms with van der Waals surface area (Å²) < 4.78 is 10.7. The second-order valence-electron chi connectivity index (χ2n) is 5.00. The summed E-state index contributed by atoms with van der Waals surface area (Å²) in [6.07, 6.45) is 0.0544. The van der Waals surface area contributed by atoms with Gasteiger partial charge in [-0.05, 0) is 50.2 Å². The fourth-order valence-electron chi connectivity index (χ4n) is 1.93. The summed E-state index contributed by atoms with van der Waals surface area (Å²) in [6.45, 7) is 3.87. The molecule has 0 fully saturated rings. The molecular weight excluding hydrogens is 302 g/mol. The van der Waals surface area contributed by atoms with Crippen LogP contribution in [-0.4, -0.2) is 19.1 Å². The van der Waals surface area contributed by atoms with Gasteiger partial charge in [-0.15, -0.1) is 0 Å². The van der Waals surface area contributed by atoms with Gasteiger partial charge in [0.2, 0.25) is 0 Å². The highest BCUT2D eigenvalue weighted by atomic mass is 35.5. The average molecular weight is 320 g/mol. The van der Waals surface area contributed by atoms with Crippen molar-refractivity contribution in [3.63, 3.8) is 0 Å². The SMILES string of the molecule is COc1ccc(NC(=O)c2cccc(OC(C)C)c2)cc1Cl. The van der Waals surface area contributed by atoms with E-state index in [0.29, 0.717) is 27.8 Å². The zero-order valence-electron chi connectivity index (χ0n) is 12.7. The van der Waals surface area contributed by atoms with Gasteiger partial charge in [0.15, 0.2) is 0 Å². The Balaban J connectivity index is 2.13. The summed E-state index contributed by atoms with van der Waals surface area (Å²) in [7, 11) is 1.54. The molecule has 0 aliphatic heterocycles. The highest BCUT2D eigenvalue weighted by Crippen LogP contribution is 2.27. The lowest BCUT2D eigenvalue weighted by Gasteiger charge is -2.11. The van der Waals surface area contributed by atoms with Crippen LogP contribution in [-0.2, 0) is 0 Å². The number of hydrogen-bond acceptors (Lipinski definition) is 3. The third kappa shape index (κ3) is 4.15. The molecule has 116 valence electrons. The molecule has 5 heteroatoms. The molecule has 4 nitrogen and oxygen atoms in total. The van der Waals surface area contributed by atoms with Crippen molar-refractivity contribution in [2.75, 3.05) is 12.4 Å². The zero-order valence-corrected chi connectivity index (χ0v) is 13.5. The predicted octanol–water partition coefficient (Wildman–Crippen LogP) is 4.39. The molecule has 0 atom stereocenters. The first-order valence-electron chi connectivity index (χ1n) is 6.91. The Morgan fingerprint density at radius 2 is 1.95 bits per heavy atom. The molecule has 0 radical (unpaired) electrons. The van der Waals surface area contributed by atoms with Crippen molar-refractivity contribution < 1.29 is 14.3 Å². The number of carbonyl (C=O) groups excluding carboxylic acids is 1. The number of hydrogen-bond donors (Lipinski definition) is 1. The van der Waals surface area contributed by atoms with Crippen molar-refractivity contribution in [3.8, 4) is 11.5 Å². The molecule has 0 bridgehead atoms. The second-order valence-corrected chi connectivity index (χ2v) is 5.41. The van der Waals surface area contributed by atoms with Crippen molar-refractivity contribution in [1.82, 2.24) is 0 Å². The van der Waals surface area contributed by atoms with E-state index in [2.05, 4.69) is 5.32 Å². The maximum atomic E-state index is 12.3. The molecule has 0 aliphatic carbocycles. The summed E-state index contributed by atoms with van der Waals surface area (Å²) in [5.74, 6) is 0.998. The van der Waals surface area contributed by atoms with E-state index < -0.39 is 0 Å². The number of rotatable bonds is 5. The highest BCUT2D eigenvalue weighted by Gasteiger charge is 2.09. The minimum atomic E-state index is -0.226. The molecule has 0 unspecified atom stereocenters. The van der Waals surface area contributed by atoms with Crippen LogP contribution < -0.4 is 14.8 Å². The zero-order chi connectivity index (χ0) is 16.1. The molecule has 0 heterocycles. The summed E-state index contributed by atoms with van der Waals surface area (Å²) in [4.78, 5) is 12.3. The monoisotopic (exact) mass is 319 g/mol. The van der Waals surface area contributed by atoms with Gasteiger partial charge in [-0.2, -0.15) is 0 Å². The van der Waals surface area contributed by atoms with Gasteiger partial charge in [0, 0.05) is 11.3 Å². The van der Waals surface area contributed by atoms with E-state index >= 15 is 0 Å². The van der Waals surface area contributed by atoms with Gasteiger partial charge in [-0.25, -0.2) is 0 Å². The van der Waals surface area contributed by atoms with E-state index in [1.165, 1.54) is 0 Å². The summed E-state index contributed by atoms with van der Waals surface area (Å²) in [5, 5.41) is 3.24. The molecule has 2 rings (SSSR count). The van der Waals surface area contributed by atoms with Crippen LogP contribution in [0.4, 0.5) is 5.69 Å². The lowest BCUT2D eigenvalue weighted by atomic mass is 10.2. The molecule has 0 aromatic heterocycles. The Morgan fingerprint density at radius 1 is 1.18 bits per heavy atom. The fourth-order valence-corrected chi connectivity index (χ4v) is 2.19. The quantitative estimate of drug-likeness (QED) is 0.889. The Kier molecular flexibility index (Phi) is 5.28. The normalized spacial score (nSPS) is 10.4. The number of ether oxygens (including phenoxy) is 2. The van der Waals surface area contributed by atoms with Crippen molar-refractivity contribution in [2.24, 2.45) is 0 Å². The van der Waals surface area contributed by atoms with Gasteiger partial charge in [-0.3, -0.25) is 4.79 Å². The van der Waals surface area contributed by atoms with E-state index in [1.807, 2.05) is 19.9 Å². The van der Waals surface area contributed by atoms with Gasteiger partial charge in [0.05, 0.1) is 18.2 Å². The predicted molar refractivity (Wildman–Crippen MR) is 88.2 cm³/mol. The number of amides is 1. The second kappa shape index (κ2) is 7.18. The molecular formula is C17H18ClNO3. The maximum absolute atomic E-state index is 12.3. The molecule has 1 amide bonds. The molecule has 0 aliphatic rings. The fraction of sp³-hybridized carbons (Fsp3) is 0.235. The summed E-state index contributed by atoms with van der Waals surface area (Å²) in [5.41, 5.74) is 1.12. The number of nitrogens with one attached hydrogen (secondary N) is 1. The van der Waals surface area contributed by atoms with Gasteiger partial charge in [0.25, 0.3) is 5.91 Å². The van der Waals surface area contributed by atoms with Crippen LogP contribution in [0, 0.1) is 0 Å². The maximum Gasteiger partial charge on any atom is 0.255 e. The van der Waals surface area contributed by atoms with E-state index in [4.69, 9.17) is 21.1 Å². The first-order chi connectivity index (χ1) is 10.5. The third-order valence-corrected chi connectivity index (χ3v) is 3.17. The van der Waals surface area contributed by atoms with Crippen molar-refractivity contribution in [1.29, 1.82) is 0 Å². The van der Waals surface area contributed by atoms with Crippen LogP contribution in [0.15, 0.2) is 42.5 Å². The van der Waals surface area contributed by atoms with Crippen LogP contribution >= 0.6 is 11.6 Å². The van der Waals surface area contributed by atoms with Crippen LogP contribution in [0.3, 0.4) is 0 Å². The Hall–Kier alpha value is -2.20. The Bertz CT molecular complexity index is 671. The minimum absolute atomic E-state index is 0.0544. The first kappa shape index (κ1) is 16.2. The lowest BCUT2D eigenvalue weighted by Crippen LogP contribution is -2.12. The number of carbonyl (C=O) groups is 1.